The highest BCUT2D eigenvalue weighted by atomic mass is 19.4. The van der Waals surface area contributed by atoms with Crippen molar-refractivity contribution in [1.29, 1.82) is 0 Å². The molecule has 8 heteroatoms. The molecule has 1 aliphatic rings. The summed E-state index contributed by atoms with van der Waals surface area (Å²) in [6, 6.07) is 10.8. The Hall–Kier alpha value is -2.87. The summed E-state index contributed by atoms with van der Waals surface area (Å²) < 4.78 is 40.2. The van der Waals surface area contributed by atoms with Crippen LogP contribution in [0, 0.1) is 0 Å². The Balaban J connectivity index is 1.49. The average molecular weight is 377 g/mol. The summed E-state index contributed by atoms with van der Waals surface area (Å²) in [5.74, 6) is -0.558. The maximum absolute atomic E-state index is 12.1. The Labute approximate surface area is 154 Å². The summed E-state index contributed by atoms with van der Waals surface area (Å²) in [6.07, 6.45) is -0.127. The largest absolute Gasteiger partial charge is 0.573 e. The van der Waals surface area contributed by atoms with Crippen molar-refractivity contribution in [3.63, 3.8) is 0 Å². The molecule has 1 aromatic carbocycles. The second-order valence-corrected chi connectivity index (χ2v) is 6.05. The van der Waals surface area contributed by atoms with E-state index >= 15 is 0 Å². The van der Waals surface area contributed by atoms with Gasteiger partial charge in [-0.3, -0.25) is 14.7 Å². The van der Waals surface area contributed by atoms with Gasteiger partial charge in [0.05, 0.1) is 12.2 Å². The Bertz CT molecular complexity index is 805. The Morgan fingerprint density at radius 1 is 1.19 bits per heavy atom. The van der Waals surface area contributed by atoms with Crippen molar-refractivity contribution >= 4 is 17.2 Å². The predicted octanol–water partition coefficient (Wildman–Crippen LogP) is 3.71. The topological polar surface area (TPSA) is 54.5 Å². The molecule has 0 saturated carbocycles. The number of alkyl halides is 3. The number of nitrogens with zero attached hydrogens (tertiary/aromatic N) is 2. The minimum Gasteiger partial charge on any atom is -0.406 e. The zero-order valence-electron chi connectivity index (χ0n) is 14.4. The number of amides is 1. The zero-order chi connectivity index (χ0) is 19.3. The first-order valence-electron chi connectivity index (χ1n) is 8.37. The molecule has 1 aliphatic heterocycles. The summed E-state index contributed by atoms with van der Waals surface area (Å²) in [7, 11) is 0. The number of benzene rings is 1. The number of anilines is 1. The van der Waals surface area contributed by atoms with Crippen LogP contribution < -0.4 is 10.1 Å². The number of carbonyl (C=O) groups excluding carboxylic acids is 1. The summed E-state index contributed by atoms with van der Waals surface area (Å²) >= 11 is 0. The standard InChI is InChI=1S/C19H18F3N3O2/c20-19(21,22)27-16-6-4-15(5-7-16)24-18(26)13-25-11-8-14(9-12-25)17-3-1-2-10-23-17/h1-8,10H,9,11-13H2,(H,24,26). The second kappa shape index (κ2) is 8.22. The molecule has 0 atom stereocenters. The summed E-state index contributed by atoms with van der Waals surface area (Å²) in [4.78, 5) is 18.5. The van der Waals surface area contributed by atoms with E-state index < -0.39 is 6.36 Å². The number of rotatable bonds is 5. The molecule has 0 aliphatic carbocycles. The van der Waals surface area contributed by atoms with Gasteiger partial charge in [-0.25, -0.2) is 0 Å². The molecule has 0 bridgehead atoms. The minimum absolute atomic E-state index is 0.201. The van der Waals surface area contributed by atoms with E-state index in [1.165, 1.54) is 12.1 Å². The lowest BCUT2D eigenvalue weighted by atomic mass is 10.0. The molecule has 27 heavy (non-hydrogen) atoms. The number of aromatic nitrogens is 1. The summed E-state index contributed by atoms with van der Waals surface area (Å²) in [6.45, 7) is 1.57. The lowest BCUT2D eigenvalue weighted by Crippen LogP contribution is -2.36. The molecule has 0 unspecified atom stereocenters. The number of hydrogen-bond acceptors (Lipinski definition) is 4. The van der Waals surface area contributed by atoms with Gasteiger partial charge in [-0.15, -0.1) is 13.2 Å². The maximum atomic E-state index is 12.1. The quantitative estimate of drug-likeness (QED) is 0.863. The average Bonchev–Trinajstić information content (AvgIpc) is 2.63. The lowest BCUT2D eigenvalue weighted by Gasteiger charge is -2.25. The van der Waals surface area contributed by atoms with E-state index in [1.54, 1.807) is 6.20 Å². The van der Waals surface area contributed by atoms with Crippen molar-refractivity contribution in [1.82, 2.24) is 9.88 Å². The number of carbonyl (C=O) groups is 1. The van der Waals surface area contributed by atoms with Gasteiger partial charge in [0.25, 0.3) is 0 Å². The van der Waals surface area contributed by atoms with Crippen LogP contribution in [0.1, 0.15) is 12.1 Å². The van der Waals surface area contributed by atoms with Crippen molar-refractivity contribution in [2.45, 2.75) is 12.8 Å². The fourth-order valence-corrected chi connectivity index (χ4v) is 2.78. The van der Waals surface area contributed by atoms with E-state index in [1.807, 2.05) is 23.1 Å². The van der Waals surface area contributed by atoms with E-state index in [2.05, 4.69) is 21.1 Å². The fourth-order valence-electron chi connectivity index (χ4n) is 2.78. The Morgan fingerprint density at radius 2 is 1.96 bits per heavy atom. The first-order valence-corrected chi connectivity index (χ1v) is 8.37. The summed E-state index contributed by atoms with van der Waals surface area (Å²) in [5, 5.41) is 2.67. The first-order chi connectivity index (χ1) is 12.9. The van der Waals surface area contributed by atoms with Gasteiger partial charge in [0.2, 0.25) is 5.91 Å². The van der Waals surface area contributed by atoms with Crippen LogP contribution >= 0.6 is 0 Å². The van der Waals surface area contributed by atoms with Gasteiger partial charge in [0.1, 0.15) is 5.75 Å². The molecule has 1 N–H and O–H groups in total. The molecule has 5 nitrogen and oxygen atoms in total. The van der Waals surface area contributed by atoms with Gasteiger partial charge < -0.3 is 10.1 Å². The van der Waals surface area contributed by atoms with Crippen molar-refractivity contribution in [2.24, 2.45) is 0 Å². The molecule has 0 fully saturated rings. The first kappa shape index (κ1) is 18.9. The number of hydrogen-bond donors (Lipinski definition) is 1. The molecule has 1 amide bonds. The van der Waals surface area contributed by atoms with Crippen LogP contribution in [0.5, 0.6) is 5.75 Å². The highest BCUT2D eigenvalue weighted by Crippen LogP contribution is 2.24. The van der Waals surface area contributed by atoms with Crippen LogP contribution in [0.2, 0.25) is 0 Å². The van der Waals surface area contributed by atoms with Crippen LogP contribution in [0.25, 0.3) is 5.57 Å². The molecule has 2 aromatic rings. The number of nitrogens with one attached hydrogen (secondary N) is 1. The van der Waals surface area contributed by atoms with E-state index in [4.69, 9.17) is 0 Å². The highest BCUT2D eigenvalue weighted by molar-refractivity contribution is 5.92. The van der Waals surface area contributed by atoms with Crippen molar-refractivity contribution < 1.29 is 22.7 Å². The second-order valence-electron chi connectivity index (χ2n) is 6.05. The van der Waals surface area contributed by atoms with Gasteiger partial charge in [-0.05, 0) is 48.4 Å². The normalized spacial score (nSPS) is 15.1. The van der Waals surface area contributed by atoms with Gasteiger partial charge in [-0.1, -0.05) is 12.1 Å². The molecular weight excluding hydrogens is 359 g/mol. The van der Waals surface area contributed by atoms with Gasteiger partial charge in [0, 0.05) is 25.0 Å². The van der Waals surface area contributed by atoms with E-state index in [0.29, 0.717) is 12.2 Å². The predicted molar refractivity (Wildman–Crippen MR) is 95.0 cm³/mol. The van der Waals surface area contributed by atoms with Crippen molar-refractivity contribution in [2.75, 3.05) is 25.0 Å². The minimum atomic E-state index is -4.74. The molecule has 0 radical (unpaired) electrons. The number of pyridine rings is 1. The molecule has 142 valence electrons. The van der Waals surface area contributed by atoms with Crippen LogP contribution in [-0.4, -0.2) is 41.8 Å². The van der Waals surface area contributed by atoms with Gasteiger partial charge >= 0.3 is 6.36 Å². The number of halogens is 3. The third-order valence-corrected chi connectivity index (χ3v) is 4.03. The highest BCUT2D eigenvalue weighted by Gasteiger charge is 2.31. The molecule has 1 aromatic heterocycles. The Kier molecular flexibility index (Phi) is 5.75. The maximum Gasteiger partial charge on any atom is 0.573 e. The zero-order valence-corrected chi connectivity index (χ0v) is 14.4. The SMILES string of the molecule is O=C(CN1CC=C(c2ccccn2)CC1)Nc1ccc(OC(F)(F)F)cc1. The van der Waals surface area contributed by atoms with Gasteiger partial charge in [0.15, 0.2) is 0 Å². The van der Waals surface area contributed by atoms with E-state index in [-0.39, 0.29) is 18.2 Å². The van der Waals surface area contributed by atoms with E-state index in [0.717, 1.165) is 36.4 Å². The molecule has 2 heterocycles. The summed E-state index contributed by atoms with van der Waals surface area (Å²) in [5.41, 5.74) is 2.52. The molecule has 0 spiro atoms. The molecular formula is C19H18F3N3O2. The fraction of sp³-hybridized carbons (Fsp3) is 0.263. The molecule has 3 rings (SSSR count). The van der Waals surface area contributed by atoms with Crippen LogP contribution in [0.3, 0.4) is 0 Å². The third kappa shape index (κ3) is 5.82. The lowest BCUT2D eigenvalue weighted by molar-refractivity contribution is -0.274. The van der Waals surface area contributed by atoms with Crippen LogP contribution in [0.4, 0.5) is 18.9 Å². The van der Waals surface area contributed by atoms with Crippen LogP contribution in [-0.2, 0) is 4.79 Å². The van der Waals surface area contributed by atoms with Crippen LogP contribution in [0.15, 0.2) is 54.7 Å². The monoisotopic (exact) mass is 377 g/mol. The molecule has 0 saturated heterocycles. The smallest absolute Gasteiger partial charge is 0.406 e. The van der Waals surface area contributed by atoms with Gasteiger partial charge in [-0.2, -0.15) is 0 Å². The van der Waals surface area contributed by atoms with Crippen molar-refractivity contribution in [3.8, 4) is 5.75 Å². The van der Waals surface area contributed by atoms with E-state index in [9.17, 15) is 18.0 Å². The Morgan fingerprint density at radius 3 is 2.56 bits per heavy atom. The third-order valence-electron chi connectivity index (χ3n) is 4.03. The van der Waals surface area contributed by atoms with Crippen molar-refractivity contribution in [3.05, 3.63) is 60.4 Å². The number of ether oxygens (including phenoxy) is 1.